The maximum Gasteiger partial charge on any atom is 0.295 e. The average molecular weight is 223 g/mol. The molecule has 1 aromatic carbocycles. The van der Waals surface area contributed by atoms with Crippen LogP contribution in [0, 0.1) is 10.1 Å². The molecule has 2 aromatic rings. The van der Waals surface area contributed by atoms with Crippen molar-refractivity contribution < 1.29 is 14.4 Å². The third kappa shape index (κ3) is 1.94. The molecule has 0 aliphatic carbocycles. The van der Waals surface area contributed by atoms with Crippen LogP contribution in [0.1, 0.15) is 0 Å². The van der Waals surface area contributed by atoms with Gasteiger partial charge in [-0.3, -0.25) is 10.1 Å². The highest BCUT2D eigenvalue weighted by molar-refractivity contribution is 5.77. The molecule has 0 atom stereocenters. The van der Waals surface area contributed by atoms with Crippen LogP contribution >= 0.6 is 0 Å². The van der Waals surface area contributed by atoms with E-state index in [4.69, 9.17) is 9.52 Å². The number of aliphatic hydroxyl groups excluding tert-OH is 1. The van der Waals surface area contributed by atoms with Crippen LogP contribution in [-0.2, 0) is 0 Å². The summed E-state index contributed by atoms with van der Waals surface area (Å²) >= 11 is 0. The van der Waals surface area contributed by atoms with Gasteiger partial charge in [-0.15, -0.1) is 0 Å². The Hall–Kier alpha value is -2.15. The molecule has 16 heavy (non-hydrogen) atoms. The van der Waals surface area contributed by atoms with Gasteiger partial charge in [0.05, 0.1) is 11.5 Å². The second-order valence-electron chi connectivity index (χ2n) is 3.08. The zero-order valence-corrected chi connectivity index (χ0v) is 8.21. The topological polar surface area (TPSA) is 101 Å². The van der Waals surface area contributed by atoms with Gasteiger partial charge in [0.1, 0.15) is 5.52 Å². The Morgan fingerprint density at radius 1 is 1.56 bits per heavy atom. The molecule has 84 valence electrons. The summed E-state index contributed by atoms with van der Waals surface area (Å²) in [6, 6.07) is 4.42. The number of fused-ring (bicyclic) bond motifs is 1. The number of nitro benzene ring substituents is 1. The summed E-state index contributed by atoms with van der Waals surface area (Å²) < 4.78 is 5.25. The van der Waals surface area contributed by atoms with Gasteiger partial charge in [-0.25, -0.2) is 0 Å². The molecule has 0 radical (unpaired) electrons. The number of hydrogen-bond donors (Lipinski definition) is 2. The van der Waals surface area contributed by atoms with Gasteiger partial charge in [-0.1, -0.05) is 0 Å². The van der Waals surface area contributed by atoms with E-state index in [0.717, 1.165) is 0 Å². The average Bonchev–Trinajstić information content (AvgIpc) is 2.67. The Bertz CT molecular complexity index is 522. The second kappa shape index (κ2) is 4.15. The van der Waals surface area contributed by atoms with Crippen molar-refractivity contribution in [3.05, 3.63) is 28.3 Å². The fourth-order valence-electron chi connectivity index (χ4n) is 1.27. The predicted molar refractivity (Wildman–Crippen MR) is 56.2 cm³/mol. The normalized spacial score (nSPS) is 10.6. The van der Waals surface area contributed by atoms with Crippen molar-refractivity contribution in [2.45, 2.75) is 0 Å². The number of aliphatic hydroxyl groups is 1. The number of nitrogens with one attached hydrogen (secondary N) is 1. The van der Waals surface area contributed by atoms with Crippen LogP contribution in [0.2, 0.25) is 0 Å². The minimum atomic E-state index is -0.491. The highest BCUT2D eigenvalue weighted by Crippen LogP contribution is 2.23. The molecule has 0 spiro atoms. The lowest BCUT2D eigenvalue weighted by molar-refractivity contribution is -0.384. The number of oxazole rings is 1. The molecular weight excluding hydrogens is 214 g/mol. The lowest BCUT2D eigenvalue weighted by atomic mass is 10.3. The van der Waals surface area contributed by atoms with Gasteiger partial charge in [-0.05, 0) is 6.07 Å². The van der Waals surface area contributed by atoms with Crippen LogP contribution in [0.5, 0.6) is 0 Å². The van der Waals surface area contributed by atoms with Crippen LogP contribution in [0.3, 0.4) is 0 Å². The number of hydrogen-bond acceptors (Lipinski definition) is 6. The Labute approximate surface area is 89.9 Å². The van der Waals surface area contributed by atoms with Gasteiger partial charge < -0.3 is 14.8 Å². The highest BCUT2D eigenvalue weighted by Gasteiger charge is 2.10. The van der Waals surface area contributed by atoms with Crippen molar-refractivity contribution in [2.75, 3.05) is 18.5 Å². The first kappa shape index (κ1) is 10.4. The van der Waals surface area contributed by atoms with Gasteiger partial charge in [0, 0.05) is 18.7 Å². The van der Waals surface area contributed by atoms with Crippen LogP contribution in [0.15, 0.2) is 22.6 Å². The monoisotopic (exact) mass is 223 g/mol. The van der Waals surface area contributed by atoms with Gasteiger partial charge in [0.15, 0.2) is 5.58 Å². The van der Waals surface area contributed by atoms with Crippen molar-refractivity contribution in [1.29, 1.82) is 0 Å². The van der Waals surface area contributed by atoms with Crippen molar-refractivity contribution in [1.82, 2.24) is 4.98 Å². The van der Waals surface area contributed by atoms with Gasteiger partial charge in [0.25, 0.3) is 11.7 Å². The number of nitrogens with zero attached hydrogens (tertiary/aromatic N) is 2. The van der Waals surface area contributed by atoms with E-state index in [1.165, 1.54) is 18.2 Å². The molecular formula is C9H9N3O4. The molecule has 0 saturated carbocycles. The molecule has 0 fully saturated rings. The predicted octanol–water partition coefficient (Wildman–Crippen LogP) is 1.14. The molecule has 1 aromatic heterocycles. The minimum absolute atomic E-state index is 0.0329. The summed E-state index contributed by atoms with van der Waals surface area (Å²) in [5, 5.41) is 21.9. The molecule has 0 amide bonds. The Morgan fingerprint density at radius 3 is 3.06 bits per heavy atom. The molecule has 0 aliphatic heterocycles. The van der Waals surface area contributed by atoms with E-state index >= 15 is 0 Å². The summed E-state index contributed by atoms with van der Waals surface area (Å²) in [7, 11) is 0. The Morgan fingerprint density at radius 2 is 2.38 bits per heavy atom. The summed E-state index contributed by atoms with van der Waals surface area (Å²) in [5.74, 6) is 0. The summed E-state index contributed by atoms with van der Waals surface area (Å²) in [5.41, 5.74) is 0.843. The fourth-order valence-corrected chi connectivity index (χ4v) is 1.27. The third-order valence-electron chi connectivity index (χ3n) is 1.97. The zero-order valence-electron chi connectivity index (χ0n) is 8.21. The quantitative estimate of drug-likeness (QED) is 0.595. The molecule has 1 heterocycles. The molecule has 0 bridgehead atoms. The molecule has 0 aliphatic rings. The second-order valence-corrected chi connectivity index (χ2v) is 3.08. The van der Waals surface area contributed by atoms with Gasteiger partial charge in [0.2, 0.25) is 0 Å². The first-order chi connectivity index (χ1) is 7.70. The zero-order chi connectivity index (χ0) is 11.5. The standard InChI is InChI=1S/C9H9N3O4/c13-4-3-10-9-11-7-5-6(12(14)15)1-2-8(7)16-9/h1-2,5,13H,3-4H2,(H,10,11). The molecule has 7 heteroatoms. The van der Waals surface area contributed by atoms with Crippen molar-refractivity contribution in [3.8, 4) is 0 Å². The maximum absolute atomic E-state index is 10.5. The van der Waals surface area contributed by atoms with Crippen molar-refractivity contribution >= 4 is 22.8 Å². The molecule has 7 nitrogen and oxygen atoms in total. The van der Waals surface area contributed by atoms with Crippen LogP contribution in [0.25, 0.3) is 11.1 Å². The molecule has 0 saturated heterocycles. The Kier molecular flexibility index (Phi) is 2.69. The number of nitro groups is 1. The lowest BCUT2D eigenvalue weighted by Gasteiger charge is -1.94. The Balaban J connectivity index is 2.34. The highest BCUT2D eigenvalue weighted by atomic mass is 16.6. The van der Waals surface area contributed by atoms with Gasteiger partial charge >= 0.3 is 0 Å². The summed E-state index contributed by atoms with van der Waals surface area (Å²) in [6.45, 7) is 0.272. The first-order valence-electron chi connectivity index (χ1n) is 4.60. The smallest absolute Gasteiger partial charge is 0.295 e. The van der Waals surface area contributed by atoms with Crippen LogP contribution in [-0.4, -0.2) is 28.2 Å². The van der Waals surface area contributed by atoms with E-state index < -0.39 is 4.92 Å². The largest absolute Gasteiger partial charge is 0.424 e. The van der Waals surface area contributed by atoms with Crippen LogP contribution in [0.4, 0.5) is 11.7 Å². The SMILES string of the molecule is O=[N+]([O-])c1ccc2oc(NCCO)nc2c1. The number of aromatic nitrogens is 1. The van der Waals surface area contributed by atoms with E-state index in [-0.39, 0.29) is 18.3 Å². The first-order valence-corrected chi connectivity index (χ1v) is 4.60. The van der Waals surface area contributed by atoms with E-state index in [2.05, 4.69) is 10.3 Å². The third-order valence-corrected chi connectivity index (χ3v) is 1.97. The number of non-ortho nitro benzene ring substituents is 1. The van der Waals surface area contributed by atoms with Gasteiger partial charge in [-0.2, -0.15) is 4.98 Å². The van der Waals surface area contributed by atoms with E-state index in [0.29, 0.717) is 17.6 Å². The molecule has 0 unspecified atom stereocenters. The number of benzene rings is 1. The number of rotatable bonds is 4. The van der Waals surface area contributed by atoms with Crippen molar-refractivity contribution in [2.24, 2.45) is 0 Å². The van der Waals surface area contributed by atoms with E-state index in [1.807, 2.05) is 0 Å². The molecule has 2 N–H and O–H groups in total. The maximum atomic E-state index is 10.5. The van der Waals surface area contributed by atoms with E-state index in [9.17, 15) is 10.1 Å². The van der Waals surface area contributed by atoms with E-state index in [1.54, 1.807) is 0 Å². The number of anilines is 1. The molecule has 2 rings (SSSR count). The lowest BCUT2D eigenvalue weighted by Crippen LogP contribution is -2.05. The minimum Gasteiger partial charge on any atom is -0.424 e. The fraction of sp³-hybridized carbons (Fsp3) is 0.222. The van der Waals surface area contributed by atoms with Crippen molar-refractivity contribution in [3.63, 3.8) is 0 Å². The summed E-state index contributed by atoms with van der Waals surface area (Å²) in [4.78, 5) is 14.0. The summed E-state index contributed by atoms with van der Waals surface area (Å²) in [6.07, 6.45) is 0. The van der Waals surface area contributed by atoms with Crippen LogP contribution < -0.4 is 5.32 Å².